The Bertz CT molecular complexity index is 588. The molecular formula is C13H17N5O2. The minimum atomic E-state index is -1.09. The lowest BCUT2D eigenvalue weighted by atomic mass is 9.86. The molecule has 1 amide bonds. The zero-order valence-electron chi connectivity index (χ0n) is 11.6. The number of pyridine rings is 1. The molecule has 2 heterocycles. The van der Waals surface area contributed by atoms with Crippen LogP contribution in [0.25, 0.3) is 11.4 Å². The van der Waals surface area contributed by atoms with Crippen LogP contribution in [0.5, 0.6) is 0 Å². The van der Waals surface area contributed by atoms with E-state index in [1.54, 1.807) is 24.5 Å². The predicted octanol–water partition coefficient (Wildman–Crippen LogP) is 2.22. The third-order valence-electron chi connectivity index (χ3n) is 2.85. The molecule has 0 aliphatic heterocycles. The zero-order valence-corrected chi connectivity index (χ0v) is 11.6. The molecule has 2 rings (SSSR count). The summed E-state index contributed by atoms with van der Waals surface area (Å²) in [6, 6.07) is 3.12. The van der Waals surface area contributed by atoms with Gasteiger partial charge in [-0.1, -0.05) is 20.8 Å². The average Bonchev–Trinajstić information content (AvgIpc) is 2.84. The molecule has 0 spiro atoms. The van der Waals surface area contributed by atoms with Crippen LogP contribution in [0.2, 0.25) is 0 Å². The lowest BCUT2D eigenvalue weighted by Crippen LogP contribution is -2.36. The quantitative estimate of drug-likeness (QED) is 0.796. The van der Waals surface area contributed by atoms with Crippen molar-refractivity contribution in [3.8, 4) is 11.4 Å². The predicted molar refractivity (Wildman–Crippen MR) is 73.0 cm³/mol. The van der Waals surface area contributed by atoms with Crippen molar-refractivity contribution in [1.82, 2.24) is 25.5 Å². The smallest absolute Gasteiger partial charge is 0.405 e. The summed E-state index contributed by atoms with van der Waals surface area (Å²) in [6.07, 6.45) is 2.22. The van der Waals surface area contributed by atoms with Crippen molar-refractivity contribution in [1.29, 1.82) is 0 Å². The number of aromatic nitrogens is 4. The van der Waals surface area contributed by atoms with Crippen molar-refractivity contribution in [3.05, 3.63) is 30.4 Å². The van der Waals surface area contributed by atoms with Crippen molar-refractivity contribution in [2.45, 2.75) is 26.8 Å². The Morgan fingerprint density at radius 2 is 2.00 bits per heavy atom. The van der Waals surface area contributed by atoms with Gasteiger partial charge in [0.1, 0.15) is 5.82 Å². The van der Waals surface area contributed by atoms with Gasteiger partial charge in [0.2, 0.25) is 0 Å². The van der Waals surface area contributed by atoms with E-state index in [-0.39, 0.29) is 5.41 Å². The highest BCUT2D eigenvalue weighted by molar-refractivity contribution is 5.65. The number of amides is 1. The first-order valence-electron chi connectivity index (χ1n) is 6.20. The molecule has 7 nitrogen and oxygen atoms in total. The van der Waals surface area contributed by atoms with E-state index in [0.29, 0.717) is 11.6 Å². The highest BCUT2D eigenvalue weighted by atomic mass is 16.4. The first kappa shape index (κ1) is 14.0. The third-order valence-corrected chi connectivity index (χ3v) is 2.85. The van der Waals surface area contributed by atoms with Gasteiger partial charge in [-0.25, -0.2) is 9.78 Å². The summed E-state index contributed by atoms with van der Waals surface area (Å²) >= 11 is 0. The molecule has 0 aromatic carbocycles. The maximum atomic E-state index is 10.9. The Hall–Kier alpha value is -2.44. The SMILES string of the molecule is CC(C)(C)C(NC(=O)O)c1nc(-c2ccncc2)n[nH]1. The number of nitrogens with zero attached hydrogens (tertiary/aromatic N) is 3. The Kier molecular flexibility index (Phi) is 3.69. The van der Waals surface area contributed by atoms with Gasteiger partial charge in [-0.05, 0) is 17.5 Å². The van der Waals surface area contributed by atoms with Crippen LogP contribution in [0.15, 0.2) is 24.5 Å². The number of carboxylic acid groups (broad SMARTS) is 1. The van der Waals surface area contributed by atoms with Crippen molar-refractivity contribution in [2.75, 3.05) is 0 Å². The van der Waals surface area contributed by atoms with Crippen LogP contribution in [0.1, 0.15) is 32.6 Å². The van der Waals surface area contributed by atoms with Gasteiger partial charge < -0.3 is 10.4 Å². The fraction of sp³-hybridized carbons (Fsp3) is 0.385. The van der Waals surface area contributed by atoms with E-state index in [9.17, 15) is 4.79 Å². The molecule has 0 aliphatic rings. The van der Waals surface area contributed by atoms with Gasteiger partial charge in [-0.3, -0.25) is 10.1 Å². The van der Waals surface area contributed by atoms with Gasteiger partial charge in [-0.15, -0.1) is 0 Å². The number of aromatic amines is 1. The number of hydrogen-bond donors (Lipinski definition) is 3. The lowest BCUT2D eigenvalue weighted by molar-refractivity contribution is 0.173. The number of rotatable bonds is 3. The van der Waals surface area contributed by atoms with E-state index in [4.69, 9.17) is 5.11 Å². The highest BCUT2D eigenvalue weighted by Gasteiger charge is 2.30. The second-order valence-corrected chi connectivity index (χ2v) is 5.53. The molecule has 20 heavy (non-hydrogen) atoms. The van der Waals surface area contributed by atoms with Crippen LogP contribution in [0.4, 0.5) is 4.79 Å². The van der Waals surface area contributed by atoms with Crippen LogP contribution >= 0.6 is 0 Å². The van der Waals surface area contributed by atoms with E-state index in [0.717, 1.165) is 5.56 Å². The monoisotopic (exact) mass is 275 g/mol. The van der Waals surface area contributed by atoms with Crippen molar-refractivity contribution in [3.63, 3.8) is 0 Å². The van der Waals surface area contributed by atoms with E-state index in [2.05, 4.69) is 25.5 Å². The number of H-pyrrole nitrogens is 1. The maximum absolute atomic E-state index is 10.9. The molecule has 0 saturated heterocycles. The van der Waals surface area contributed by atoms with Crippen LogP contribution < -0.4 is 5.32 Å². The van der Waals surface area contributed by atoms with Crippen molar-refractivity contribution < 1.29 is 9.90 Å². The molecule has 2 aromatic rings. The highest BCUT2D eigenvalue weighted by Crippen LogP contribution is 2.31. The van der Waals surface area contributed by atoms with E-state index >= 15 is 0 Å². The Labute approximate surface area is 116 Å². The topological polar surface area (TPSA) is 104 Å². The van der Waals surface area contributed by atoms with Gasteiger partial charge in [0.05, 0.1) is 6.04 Å². The summed E-state index contributed by atoms with van der Waals surface area (Å²) in [5.74, 6) is 1.01. The largest absolute Gasteiger partial charge is 0.465 e. The minimum absolute atomic E-state index is 0.326. The van der Waals surface area contributed by atoms with Crippen molar-refractivity contribution in [2.24, 2.45) is 5.41 Å². The normalized spacial score (nSPS) is 12.9. The second-order valence-electron chi connectivity index (χ2n) is 5.53. The van der Waals surface area contributed by atoms with Gasteiger partial charge in [-0.2, -0.15) is 5.10 Å². The number of carbonyl (C=O) groups is 1. The summed E-state index contributed by atoms with van der Waals surface area (Å²) in [4.78, 5) is 19.2. The molecular weight excluding hydrogens is 258 g/mol. The van der Waals surface area contributed by atoms with Crippen LogP contribution in [0, 0.1) is 5.41 Å². The van der Waals surface area contributed by atoms with Crippen LogP contribution in [0.3, 0.4) is 0 Å². The van der Waals surface area contributed by atoms with E-state index in [1.165, 1.54) is 0 Å². The zero-order chi connectivity index (χ0) is 14.8. The number of hydrogen-bond acceptors (Lipinski definition) is 4. The summed E-state index contributed by atoms with van der Waals surface area (Å²) in [5.41, 5.74) is 0.499. The average molecular weight is 275 g/mol. The van der Waals surface area contributed by atoms with Gasteiger partial charge in [0, 0.05) is 18.0 Å². The maximum Gasteiger partial charge on any atom is 0.405 e. The molecule has 2 aromatic heterocycles. The number of nitrogens with one attached hydrogen (secondary N) is 2. The summed E-state index contributed by atoms with van der Waals surface area (Å²) in [5, 5.41) is 18.4. The molecule has 1 atom stereocenters. The molecule has 7 heteroatoms. The minimum Gasteiger partial charge on any atom is -0.465 e. The van der Waals surface area contributed by atoms with Gasteiger partial charge >= 0.3 is 6.09 Å². The molecule has 0 saturated carbocycles. The first-order chi connectivity index (χ1) is 9.38. The Morgan fingerprint density at radius 3 is 2.55 bits per heavy atom. The lowest BCUT2D eigenvalue weighted by Gasteiger charge is -2.28. The molecule has 1 unspecified atom stereocenters. The Balaban J connectivity index is 2.32. The van der Waals surface area contributed by atoms with Gasteiger partial charge in [0.15, 0.2) is 5.82 Å². The molecule has 0 bridgehead atoms. The molecule has 0 radical (unpaired) electrons. The van der Waals surface area contributed by atoms with Crippen LogP contribution in [-0.4, -0.2) is 31.4 Å². The fourth-order valence-corrected chi connectivity index (χ4v) is 1.85. The van der Waals surface area contributed by atoms with Gasteiger partial charge in [0.25, 0.3) is 0 Å². The summed E-state index contributed by atoms with van der Waals surface area (Å²) in [6.45, 7) is 5.80. The molecule has 3 N–H and O–H groups in total. The standard InChI is InChI=1S/C13H17N5O2/c1-13(2,3)9(15-12(19)20)11-16-10(17-18-11)8-4-6-14-7-5-8/h4-7,9,15H,1-3H3,(H,19,20)(H,16,17,18). The first-order valence-corrected chi connectivity index (χ1v) is 6.20. The van der Waals surface area contributed by atoms with E-state index in [1.807, 2.05) is 20.8 Å². The summed E-state index contributed by atoms with van der Waals surface area (Å²) in [7, 11) is 0. The Morgan fingerprint density at radius 1 is 1.35 bits per heavy atom. The molecule has 106 valence electrons. The van der Waals surface area contributed by atoms with E-state index < -0.39 is 12.1 Å². The fourth-order valence-electron chi connectivity index (χ4n) is 1.85. The molecule has 0 aliphatic carbocycles. The van der Waals surface area contributed by atoms with Crippen molar-refractivity contribution >= 4 is 6.09 Å². The molecule has 0 fully saturated rings. The third kappa shape index (κ3) is 3.11. The van der Waals surface area contributed by atoms with Crippen LogP contribution in [-0.2, 0) is 0 Å². The summed E-state index contributed by atoms with van der Waals surface area (Å²) < 4.78 is 0. The second kappa shape index (κ2) is 5.28.